The quantitative estimate of drug-likeness (QED) is 0.444. The van der Waals surface area contributed by atoms with E-state index in [1.54, 1.807) is 11.8 Å². The van der Waals surface area contributed by atoms with Crippen molar-refractivity contribution in [2.45, 2.75) is 6.92 Å². The van der Waals surface area contributed by atoms with Crippen molar-refractivity contribution < 1.29 is 33.3 Å². The van der Waals surface area contributed by atoms with Crippen molar-refractivity contribution >= 4 is 28.6 Å². The highest BCUT2D eigenvalue weighted by atomic mass is 127. The van der Waals surface area contributed by atoms with E-state index in [-0.39, 0.29) is 29.9 Å². The molecule has 24 heavy (non-hydrogen) atoms. The first kappa shape index (κ1) is 18.1. The van der Waals surface area contributed by atoms with Gasteiger partial charge < -0.3 is 24.0 Å². The lowest BCUT2D eigenvalue weighted by atomic mass is 10.2. The van der Waals surface area contributed by atoms with Gasteiger partial charge in [-0.2, -0.15) is 4.57 Å². The summed E-state index contributed by atoms with van der Waals surface area (Å²) < 4.78 is 2.12. The van der Waals surface area contributed by atoms with Crippen molar-refractivity contribution in [3.63, 3.8) is 0 Å². The van der Waals surface area contributed by atoms with Gasteiger partial charge in [0.05, 0.1) is 0 Å². The van der Waals surface area contributed by atoms with Crippen LogP contribution in [0.25, 0.3) is 17.0 Å². The lowest BCUT2D eigenvalue weighted by Crippen LogP contribution is -3.00. The summed E-state index contributed by atoms with van der Waals surface area (Å²) in [7, 11) is 2.03. The Bertz CT molecular complexity index is 875. The Balaban J connectivity index is 0.00000208. The van der Waals surface area contributed by atoms with E-state index >= 15 is 0 Å². The molecule has 0 aliphatic rings. The van der Waals surface area contributed by atoms with Crippen molar-refractivity contribution in [1.82, 2.24) is 0 Å². The summed E-state index contributed by atoms with van der Waals surface area (Å²) in [6.45, 7) is 1.57. The van der Waals surface area contributed by atoms with E-state index in [4.69, 9.17) is 0 Å². The number of aryl methyl sites for hydroxylation is 1. The zero-order chi connectivity index (χ0) is 16.2. The summed E-state index contributed by atoms with van der Waals surface area (Å²) in [6.07, 6.45) is 3.78. The molecule has 0 saturated heterocycles. The number of amides is 1. The third-order valence-electron chi connectivity index (χ3n) is 3.89. The minimum absolute atomic E-state index is 0. The van der Waals surface area contributed by atoms with Crippen LogP contribution in [-0.4, -0.2) is 5.91 Å². The van der Waals surface area contributed by atoms with Crippen molar-refractivity contribution in [3.05, 3.63) is 78.6 Å². The van der Waals surface area contributed by atoms with Crippen LogP contribution in [0.15, 0.2) is 72.9 Å². The molecule has 1 amide bonds. The molecular formula is C20H19IN2O. The Kier molecular flexibility index (Phi) is 6.09. The van der Waals surface area contributed by atoms with Gasteiger partial charge in [-0.3, -0.25) is 9.69 Å². The Morgan fingerprint density at radius 3 is 2.33 bits per heavy atom. The van der Waals surface area contributed by atoms with Crippen LogP contribution in [0.2, 0.25) is 0 Å². The maximum absolute atomic E-state index is 11.9. The molecule has 0 aliphatic carbocycles. The van der Waals surface area contributed by atoms with E-state index in [9.17, 15) is 4.79 Å². The molecule has 0 atom stereocenters. The summed E-state index contributed by atoms with van der Waals surface area (Å²) in [4.78, 5) is 13.6. The molecule has 0 aliphatic heterocycles. The first-order chi connectivity index (χ1) is 11.2. The highest BCUT2D eigenvalue weighted by Crippen LogP contribution is 2.15. The minimum Gasteiger partial charge on any atom is -1.00 e. The number of hydrogen-bond donors (Lipinski definition) is 0. The third-order valence-corrected chi connectivity index (χ3v) is 3.89. The van der Waals surface area contributed by atoms with E-state index in [1.807, 2.05) is 61.8 Å². The van der Waals surface area contributed by atoms with Gasteiger partial charge in [0.15, 0.2) is 0 Å². The SMILES string of the molecule is CC(=O)N(C=Cc1ccc2ccccc2[n+]1C)c1ccccc1.[I-]. The first-order valence-corrected chi connectivity index (χ1v) is 7.57. The summed E-state index contributed by atoms with van der Waals surface area (Å²) >= 11 is 0. The van der Waals surface area contributed by atoms with Crippen molar-refractivity contribution in [1.29, 1.82) is 0 Å². The third kappa shape index (κ3) is 3.82. The van der Waals surface area contributed by atoms with Gasteiger partial charge in [0.25, 0.3) is 0 Å². The Labute approximate surface area is 159 Å². The van der Waals surface area contributed by atoms with Gasteiger partial charge >= 0.3 is 0 Å². The largest absolute Gasteiger partial charge is 1.00 e. The average molecular weight is 430 g/mol. The Morgan fingerprint density at radius 2 is 1.62 bits per heavy atom. The molecule has 0 saturated carbocycles. The molecule has 122 valence electrons. The smallest absolute Gasteiger partial charge is 0.227 e. The first-order valence-electron chi connectivity index (χ1n) is 7.57. The van der Waals surface area contributed by atoms with Gasteiger partial charge in [-0.25, -0.2) is 0 Å². The van der Waals surface area contributed by atoms with Crippen molar-refractivity contribution in [2.24, 2.45) is 7.05 Å². The number of anilines is 1. The van der Waals surface area contributed by atoms with Gasteiger partial charge in [-0.15, -0.1) is 0 Å². The standard InChI is InChI=1S/C20H19N2O.HI/c1-16(23)22(19-9-4-3-5-10-19)15-14-18-13-12-17-8-6-7-11-20(17)21(18)2;/h3-15H,1-2H3;1H/q+1;/p-1. The summed E-state index contributed by atoms with van der Waals surface area (Å²) in [6, 6.07) is 22.0. The van der Waals surface area contributed by atoms with Crippen LogP contribution in [0.1, 0.15) is 12.6 Å². The molecule has 1 heterocycles. The fraction of sp³-hybridized carbons (Fsp3) is 0.100. The normalized spacial score (nSPS) is 10.6. The molecule has 0 N–H and O–H groups in total. The van der Waals surface area contributed by atoms with E-state index in [0.29, 0.717) is 0 Å². The number of fused-ring (bicyclic) bond motifs is 1. The molecule has 0 bridgehead atoms. The summed E-state index contributed by atoms with van der Waals surface area (Å²) in [5, 5.41) is 1.19. The lowest BCUT2D eigenvalue weighted by molar-refractivity contribution is -0.646. The number of carbonyl (C=O) groups excluding carboxylic acids is 1. The predicted molar refractivity (Wildman–Crippen MR) is 93.8 cm³/mol. The van der Waals surface area contributed by atoms with Crippen LogP contribution in [0.4, 0.5) is 5.69 Å². The molecule has 2 aromatic carbocycles. The topological polar surface area (TPSA) is 24.2 Å². The fourth-order valence-electron chi connectivity index (χ4n) is 2.64. The number of halogens is 1. The lowest BCUT2D eigenvalue weighted by Gasteiger charge is -2.15. The van der Waals surface area contributed by atoms with Crippen LogP contribution in [-0.2, 0) is 11.8 Å². The number of para-hydroxylation sites is 2. The molecule has 3 nitrogen and oxygen atoms in total. The van der Waals surface area contributed by atoms with E-state index < -0.39 is 0 Å². The van der Waals surface area contributed by atoms with Crippen LogP contribution >= 0.6 is 0 Å². The van der Waals surface area contributed by atoms with Crippen LogP contribution in [0.3, 0.4) is 0 Å². The van der Waals surface area contributed by atoms with Crippen LogP contribution < -0.4 is 33.4 Å². The van der Waals surface area contributed by atoms with Crippen LogP contribution in [0.5, 0.6) is 0 Å². The molecule has 3 rings (SSSR count). The highest BCUT2D eigenvalue weighted by molar-refractivity contribution is 5.94. The fourth-order valence-corrected chi connectivity index (χ4v) is 2.64. The molecule has 0 unspecified atom stereocenters. The maximum Gasteiger partial charge on any atom is 0.227 e. The van der Waals surface area contributed by atoms with Crippen molar-refractivity contribution in [3.8, 4) is 0 Å². The maximum atomic E-state index is 11.9. The zero-order valence-electron chi connectivity index (χ0n) is 13.7. The average Bonchev–Trinajstić information content (AvgIpc) is 2.58. The predicted octanol–water partition coefficient (Wildman–Crippen LogP) is 0.692. The minimum atomic E-state index is -0.0177. The Morgan fingerprint density at radius 1 is 0.958 bits per heavy atom. The second-order valence-corrected chi connectivity index (χ2v) is 5.42. The zero-order valence-corrected chi connectivity index (χ0v) is 15.8. The van der Waals surface area contributed by atoms with Crippen molar-refractivity contribution in [2.75, 3.05) is 4.90 Å². The molecule has 1 aromatic heterocycles. The van der Waals surface area contributed by atoms with E-state index in [2.05, 4.69) is 28.8 Å². The molecular weight excluding hydrogens is 411 g/mol. The number of rotatable bonds is 3. The molecule has 3 aromatic rings. The van der Waals surface area contributed by atoms with Crippen LogP contribution in [0, 0.1) is 0 Å². The van der Waals surface area contributed by atoms with Gasteiger partial charge in [-0.05, 0) is 24.3 Å². The molecule has 0 spiro atoms. The molecule has 0 fully saturated rings. The highest BCUT2D eigenvalue weighted by Gasteiger charge is 2.11. The molecule has 0 radical (unpaired) electrons. The second kappa shape index (κ2) is 8.06. The monoisotopic (exact) mass is 430 g/mol. The van der Waals surface area contributed by atoms with Gasteiger partial charge in [0, 0.05) is 42.4 Å². The van der Waals surface area contributed by atoms with Gasteiger partial charge in [0.2, 0.25) is 17.1 Å². The summed E-state index contributed by atoms with van der Waals surface area (Å²) in [5.41, 5.74) is 3.05. The van der Waals surface area contributed by atoms with Gasteiger partial charge in [-0.1, -0.05) is 30.3 Å². The number of hydrogen-bond acceptors (Lipinski definition) is 1. The van der Waals surface area contributed by atoms with E-state index in [0.717, 1.165) is 16.9 Å². The Hall–Kier alpha value is -2.21. The van der Waals surface area contributed by atoms with Gasteiger partial charge in [0.1, 0.15) is 7.05 Å². The summed E-state index contributed by atoms with van der Waals surface area (Å²) in [5.74, 6) is -0.0177. The number of pyridine rings is 1. The number of nitrogens with zero attached hydrogens (tertiary/aromatic N) is 2. The number of benzene rings is 2. The number of aromatic nitrogens is 1. The molecule has 4 heteroatoms. The van der Waals surface area contributed by atoms with E-state index in [1.165, 1.54) is 5.39 Å². The second-order valence-electron chi connectivity index (χ2n) is 5.42. The number of carbonyl (C=O) groups is 1.